The molecule has 0 spiro atoms. The molecule has 0 aliphatic carbocycles. The zero-order chi connectivity index (χ0) is 60.9. The fraction of sp³-hybridized carbons (Fsp3) is 0.364. The number of esters is 2. The Hall–Kier alpha value is -9.06. The minimum absolute atomic E-state index is 0.0578. The van der Waals surface area contributed by atoms with E-state index in [0.29, 0.717) is 34.5 Å². The molecule has 0 radical (unpaired) electrons. The minimum atomic E-state index is -0.985. The number of hydrogen-bond donors (Lipinski definition) is 0. The van der Waals surface area contributed by atoms with Crippen molar-refractivity contribution in [2.24, 2.45) is 0 Å². The maximum atomic E-state index is 14.2. The second kappa shape index (κ2) is 27.8. The maximum Gasteiger partial charge on any atom is 0.410 e. The molecule has 4 amide bonds. The van der Waals surface area contributed by atoms with Gasteiger partial charge in [-0.25, -0.2) is 19.2 Å². The van der Waals surface area contributed by atoms with E-state index in [2.05, 4.69) is 0 Å². The van der Waals surface area contributed by atoms with Crippen LogP contribution in [0.2, 0.25) is 0 Å². The smallest absolute Gasteiger partial charge is 0.410 e. The van der Waals surface area contributed by atoms with Gasteiger partial charge in [0.1, 0.15) is 60.1 Å². The Balaban J connectivity index is 0.000000241. The van der Waals surface area contributed by atoms with Crippen LogP contribution in [0.4, 0.5) is 9.59 Å². The predicted molar refractivity (Wildman–Crippen MR) is 315 cm³/mol. The summed E-state index contributed by atoms with van der Waals surface area (Å²) in [5.41, 5.74) is 3.21. The standard InChI is InChI=1S/2C33H38N2O7/c2*1-33(2,3)42-32(38)35(5)26-18-22-12-15-25(16-13-22)41-29-20-24(14-17-28(29)39-6)19-27(34(4)30(26)36)31(37)40-21-23-10-8-7-9-11-23/h2*7-17,20,26-27H,18-19,21H2,1-6H3/t26-,27+;26-,27-/m00/s1. The van der Waals surface area contributed by atoms with E-state index >= 15 is 0 Å². The first-order chi connectivity index (χ1) is 39.9. The summed E-state index contributed by atoms with van der Waals surface area (Å²) in [7, 11) is 9.29. The summed E-state index contributed by atoms with van der Waals surface area (Å²) in [6.07, 6.45) is -0.594. The first-order valence-corrected chi connectivity index (χ1v) is 27.6. The number of likely N-dealkylation sites (N-methyl/N-ethyl adjacent to an activating group) is 4. The van der Waals surface area contributed by atoms with Gasteiger partial charge in [-0.05, 0) is 123 Å². The zero-order valence-corrected chi connectivity index (χ0v) is 49.9. The summed E-state index contributed by atoms with van der Waals surface area (Å²) in [5.74, 6) is 1.19. The van der Waals surface area contributed by atoms with Crippen LogP contribution in [0.5, 0.6) is 34.5 Å². The average molecular weight is 1150 g/mol. The van der Waals surface area contributed by atoms with E-state index in [1.54, 1.807) is 118 Å². The van der Waals surface area contributed by atoms with Crippen molar-refractivity contribution in [3.8, 4) is 34.5 Å². The lowest BCUT2D eigenvalue weighted by molar-refractivity contribution is -0.156. The molecule has 444 valence electrons. The van der Waals surface area contributed by atoms with Gasteiger partial charge >= 0.3 is 24.1 Å². The third kappa shape index (κ3) is 17.0. The Labute approximate surface area is 492 Å². The number of carbonyl (C=O) groups is 6. The second-order valence-corrected chi connectivity index (χ2v) is 22.6. The quantitative estimate of drug-likeness (QED) is 0.0930. The molecule has 18 heteroatoms. The van der Waals surface area contributed by atoms with Crippen LogP contribution in [0.25, 0.3) is 0 Å². The maximum absolute atomic E-state index is 14.2. The van der Waals surface area contributed by atoms with Crippen molar-refractivity contribution in [2.45, 2.75) is 116 Å². The van der Waals surface area contributed by atoms with Gasteiger partial charge < -0.3 is 47.7 Å². The highest BCUT2D eigenvalue weighted by molar-refractivity contribution is 5.91. The second-order valence-electron chi connectivity index (χ2n) is 22.6. The van der Waals surface area contributed by atoms with Crippen molar-refractivity contribution in [2.75, 3.05) is 42.4 Å². The average Bonchev–Trinajstić information content (AvgIpc) is 3.67. The van der Waals surface area contributed by atoms with Crippen LogP contribution in [0.3, 0.4) is 0 Å². The van der Waals surface area contributed by atoms with Crippen molar-refractivity contribution in [1.82, 2.24) is 19.6 Å². The van der Waals surface area contributed by atoms with Crippen molar-refractivity contribution in [3.63, 3.8) is 0 Å². The fourth-order valence-electron chi connectivity index (χ4n) is 9.28. The molecule has 0 unspecified atom stereocenters. The van der Waals surface area contributed by atoms with Crippen LogP contribution in [0.1, 0.15) is 74.9 Å². The summed E-state index contributed by atoms with van der Waals surface area (Å²) in [4.78, 5) is 87.1. The molecule has 6 aromatic carbocycles. The van der Waals surface area contributed by atoms with E-state index in [1.165, 1.54) is 33.7 Å². The Morgan fingerprint density at radius 3 is 1.14 bits per heavy atom. The highest BCUT2D eigenvalue weighted by Crippen LogP contribution is 2.36. The number of carbonyl (C=O) groups excluding carboxylic acids is 6. The first-order valence-electron chi connectivity index (χ1n) is 27.6. The number of fused-ring (bicyclic) bond motifs is 14. The van der Waals surface area contributed by atoms with E-state index in [4.69, 9.17) is 37.9 Å². The highest BCUT2D eigenvalue weighted by Gasteiger charge is 2.40. The van der Waals surface area contributed by atoms with E-state index in [0.717, 1.165) is 33.4 Å². The van der Waals surface area contributed by atoms with E-state index in [1.807, 2.05) is 97.1 Å². The van der Waals surface area contributed by atoms with Crippen molar-refractivity contribution in [3.05, 3.63) is 179 Å². The molecule has 4 atom stereocenters. The van der Waals surface area contributed by atoms with Gasteiger partial charge in [-0.3, -0.25) is 19.4 Å². The molecule has 4 aliphatic heterocycles. The van der Waals surface area contributed by atoms with Gasteiger partial charge in [-0.15, -0.1) is 0 Å². The first kappa shape index (κ1) is 62.5. The Morgan fingerprint density at radius 2 is 0.821 bits per heavy atom. The molecule has 0 N–H and O–H groups in total. The van der Waals surface area contributed by atoms with Crippen LogP contribution in [0, 0.1) is 0 Å². The Bertz CT molecular complexity index is 3020. The lowest BCUT2D eigenvalue weighted by Crippen LogP contribution is -2.55. The van der Waals surface area contributed by atoms with Crippen molar-refractivity contribution >= 4 is 35.9 Å². The van der Waals surface area contributed by atoms with E-state index in [9.17, 15) is 28.8 Å². The largest absolute Gasteiger partial charge is 0.493 e. The van der Waals surface area contributed by atoms with Gasteiger partial charge in [0.2, 0.25) is 11.8 Å². The van der Waals surface area contributed by atoms with E-state index in [-0.39, 0.29) is 38.9 Å². The molecule has 0 saturated heterocycles. The summed E-state index contributed by atoms with van der Waals surface area (Å²) in [6, 6.07) is 40.1. The van der Waals surface area contributed by atoms with Gasteiger partial charge in [0, 0.05) is 53.9 Å². The molecule has 4 aliphatic rings. The van der Waals surface area contributed by atoms with Gasteiger partial charge in [0.05, 0.1) is 14.2 Å². The number of hydrogen-bond acceptors (Lipinski definition) is 14. The zero-order valence-electron chi connectivity index (χ0n) is 49.9. The number of methoxy groups -OCH3 is 2. The molecule has 0 aromatic heterocycles. The SMILES string of the molecule is COc1ccc2cc1Oc1ccc(cc1)C[C@H](N(C)C(=O)OC(C)(C)C)C(=O)N(C)[C@@H](C(=O)OCc1ccccc1)C2.COc1ccc2cc1Oc1ccc(cc1)C[C@H](N(C)C(=O)OC(C)(C)C)C(=O)N(C)[C@H](C(=O)OCc1ccccc1)C2. The molecular formula is C66H76N4O14. The number of ether oxygens (including phenoxy) is 8. The molecule has 4 heterocycles. The number of amides is 4. The monoisotopic (exact) mass is 1150 g/mol. The third-order valence-corrected chi connectivity index (χ3v) is 14.0. The van der Waals surface area contributed by atoms with Crippen LogP contribution < -0.4 is 18.9 Å². The summed E-state index contributed by atoms with van der Waals surface area (Å²) >= 11 is 0. The number of benzene rings is 6. The van der Waals surface area contributed by atoms with Crippen LogP contribution in [-0.2, 0) is 77.0 Å². The molecule has 6 aromatic rings. The fourth-order valence-corrected chi connectivity index (χ4v) is 9.28. The molecule has 0 saturated carbocycles. The Morgan fingerprint density at radius 1 is 0.488 bits per heavy atom. The van der Waals surface area contributed by atoms with Crippen molar-refractivity contribution < 1.29 is 66.7 Å². The van der Waals surface area contributed by atoms with E-state index < -0.39 is 71.3 Å². The van der Waals surface area contributed by atoms with Crippen LogP contribution >= 0.6 is 0 Å². The van der Waals surface area contributed by atoms with Gasteiger partial charge in [0.15, 0.2) is 23.0 Å². The lowest BCUT2D eigenvalue weighted by atomic mass is 10.00. The summed E-state index contributed by atoms with van der Waals surface area (Å²) in [5, 5.41) is 0. The van der Waals surface area contributed by atoms with Gasteiger partial charge in [-0.2, -0.15) is 0 Å². The van der Waals surface area contributed by atoms with Crippen LogP contribution in [-0.4, -0.2) is 133 Å². The molecule has 10 rings (SSSR count). The topological polar surface area (TPSA) is 189 Å². The molecular weight excluding hydrogens is 1070 g/mol. The summed E-state index contributed by atoms with van der Waals surface area (Å²) < 4.78 is 45.9. The minimum Gasteiger partial charge on any atom is -0.493 e. The van der Waals surface area contributed by atoms with Gasteiger partial charge in [0.25, 0.3) is 0 Å². The third-order valence-electron chi connectivity index (χ3n) is 14.0. The molecule has 8 bridgehead atoms. The normalized spacial score (nSPS) is 17.1. The molecule has 84 heavy (non-hydrogen) atoms. The number of nitrogens with zero attached hydrogens (tertiary/aromatic N) is 4. The molecule has 18 nitrogen and oxygen atoms in total. The lowest BCUT2D eigenvalue weighted by Gasteiger charge is -2.35. The predicted octanol–water partition coefficient (Wildman–Crippen LogP) is 10.8. The van der Waals surface area contributed by atoms with Gasteiger partial charge in [-0.1, -0.05) is 97.1 Å². The molecule has 0 fully saturated rings. The van der Waals surface area contributed by atoms with Crippen molar-refractivity contribution in [1.29, 1.82) is 0 Å². The number of rotatable bonds is 10. The summed E-state index contributed by atoms with van der Waals surface area (Å²) in [6.45, 7) is 10.7. The highest BCUT2D eigenvalue weighted by atomic mass is 16.6. The Kier molecular flexibility index (Phi) is 20.7. The van der Waals surface area contributed by atoms with Crippen LogP contribution in [0.15, 0.2) is 146 Å².